The number of pyridine rings is 2. The third-order valence-corrected chi connectivity index (χ3v) is 4.78. The molecule has 1 aliphatic heterocycles. The monoisotopic (exact) mass is 364 g/mol. The van der Waals surface area contributed by atoms with Crippen LogP contribution in [0.3, 0.4) is 0 Å². The highest BCUT2D eigenvalue weighted by atomic mass is 16.2. The molecule has 7 nitrogen and oxygen atoms in total. The van der Waals surface area contributed by atoms with Gasteiger partial charge in [-0.3, -0.25) is 4.79 Å². The summed E-state index contributed by atoms with van der Waals surface area (Å²) in [5.74, 6) is 1.00. The molecular weight excluding hydrogens is 340 g/mol. The Morgan fingerprint density at radius 3 is 2.63 bits per heavy atom. The molecule has 0 unspecified atom stereocenters. The number of nitrogens with zero attached hydrogens (tertiary/aromatic N) is 4. The summed E-state index contributed by atoms with van der Waals surface area (Å²) in [7, 11) is 0. The van der Waals surface area contributed by atoms with E-state index >= 15 is 0 Å². The topological polar surface area (TPSA) is 77.2 Å². The molecule has 7 heteroatoms. The lowest BCUT2D eigenvalue weighted by molar-refractivity contribution is 0.0748. The van der Waals surface area contributed by atoms with Gasteiger partial charge in [-0.2, -0.15) is 0 Å². The molecular formula is C20H24N6O. The Labute approximate surface area is 158 Å². The second-order valence-electron chi connectivity index (χ2n) is 7.05. The van der Waals surface area contributed by atoms with Gasteiger partial charge in [-0.15, -0.1) is 0 Å². The van der Waals surface area contributed by atoms with Gasteiger partial charge < -0.3 is 20.1 Å². The van der Waals surface area contributed by atoms with E-state index in [1.165, 1.54) is 0 Å². The Kier molecular flexibility index (Phi) is 4.66. The van der Waals surface area contributed by atoms with Crippen LogP contribution in [0.25, 0.3) is 11.0 Å². The van der Waals surface area contributed by atoms with Crippen molar-refractivity contribution in [3.63, 3.8) is 0 Å². The van der Waals surface area contributed by atoms with Crippen molar-refractivity contribution in [2.75, 3.05) is 36.4 Å². The molecule has 4 heterocycles. The summed E-state index contributed by atoms with van der Waals surface area (Å²) in [6.45, 7) is 7.09. The van der Waals surface area contributed by atoms with Crippen LogP contribution >= 0.6 is 0 Å². The molecule has 2 N–H and O–H groups in total. The minimum atomic E-state index is 0.0513. The molecule has 1 fully saturated rings. The van der Waals surface area contributed by atoms with Crippen LogP contribution in [-0.2, 0) is 0 Å². The van der Waals surface area contributed by atoms with Crippen LogP contribution in [0, 0.1) is 0 Å². The SMILES string of the molecule is CC(C)Nc1cccnc1N1CCN(C(=O)c2c[nH]c3ncccc23)CC1. The summed E-state index contributed by atoms with van der Waals surface area (Å²) in [4.78, 5) is 29.0. The summed E-state index contributed by atoms with van der Waals surface area (Å²) in [6, 6.07) is 8.12. The van der Waals surface area contributed by atoms with Gasteiger partial charge >= 0.3 is 0 Å². The summed E-state index contributed by atoms with van der Waals surface area (Å²) in [6.07, 6.45) is 5.30. The number of H-pyrrole nitrogens is 1. The molecule has 0 aliphatic carbocycles. The second-order valence-corrected chi connectivity index (χ2v) is 7.05. The lowest BCUT2D eigenvalue weighted by Crippen LogP contribution is -2.49. The van der Waals surface area contributed by atoms with E-state index in [1.54, 1.807) is 12.4 Å². The highest BCUT2D eigenvalue weighted by molar-refractivity contribution is 6.05. The van der Waals surface area contributed by atoms with E-state index in [0.717, 1.165) is 35.6 Å². The normalized spacial score (nSPS) is 14.8. The molecule has 0 saturated carbocycles. The standard InChI is InChI=1S/C20H24N6O/c1-14(2)24-17-6-4-8-22-19(17)25-9-11-26(12-10-25)20(27)16-13-23-18-15(16)5-3-7-21-18/h3-8,13-14,24H,9-12H2,1-2H3,(H,21,23). The molecule has 3 aromatic rings. The molecule has 4 rings (SSSR count). The van der Waals surface area contributed by atoms with E-state index in [4.69, 9.17) is 0 Å². The second kappa shape index (κ2) is 7.26. The number of amides is 1. The zero-order chi connectivity index (χ0) is 18.8. The Balaban J connectivity index is 1.47. The average molecular weight is 364 g/mol. The van der Waals surface area contributed by atoms with E-state index in [1.807, 2.05) is 29.3 Å². The fourth-order valence-corrected chi connectivity index (χ4v) is 3.50. The molecule has 27 heavy (non-hydrogen) atoms. The molecule has 1 amide bonds. The van der Waals surface area contributed by atoms with Gasteiger partial charge in [-0.05, 0) is 38.1 Å². The molecule has 0 radical (unpaired) electrons. The van der Waals surface area contributed by atoms with E-state index in [9.17, 15) is 4.79 Å². The van der Waals surface area contributed by atoms with Gasteiger partial charge in [0, 0.05) is 56.2 Å². The van der Waals surface area contributed by atoms with Crippen LogP contribution in [0.15, 0.2) is 42.9 Å². The smallest absolute Gasteiger partial charge is 0.256 e. The maximum atomic E-state index is 13.0. The first-order chi connectivity index (χ1) is 13.1. The van der Waals surface area contributed by atoms with Gasteiger partial charge in [0.25, 0.3) is 5.91 Å². The first-order valence-electron chi connectivity index (χ1n) is 9.31. The Bertz CT molecular complexity index is 942. The van der Waals surface area contributed by atoms with Crippen LogP contribution < -0.4 is 10.2 Å². The predicted octanol–water partition coefficient (Wildman–Crippen LogP) is 2.74. The van der Waals surface area contributed by atoms with Crippen molar-refractivity contribution in [1.82, 2.24) is 19.9 Å². The largest absolute Gasteiger partial charge is 0.380 e. The summed E-state index contributed by atoms with van der Waals surface area (Å²) in [5, 5.41) is 4.32. The number of rotatable bonds is 4. The lowest BCUT2D eigenvalue weighted by atomic mass is 10.2. The van der Waals surface area contributed by atoms with Crippen molar-refractivity contribution in [2.24, 2.45) is 0 Å². The summed E-state index contributed by atoms with van der Waals surface area (Å²) < 4.78 is 0. The third kappa shape index (κ3) is 3.45. The number of aromatic amines is 1. The fourth-order valence-electron chi connectivity index (χ4n) is 3.50. The number of hydrogen-bond donors (Lipinski definition) is 2. The third-order valence-electron chi connectivity index (χ3n) is 4.78. The Morgan fingerprint density at radius 1 is 1.11 bits per heavy atom. The van der Waals surface area contributed by atoms with Crippen molar-refractivity contribution in [3.8, 4) is 0 Å². The zero-order valence-electron chi connectivity index (χ0n) is 15.6. The Morgan fingerprint density at radius 2 is 1.85 bits per heavy atom. The number of aromatic nitrogens is 3. The first-order valence-corrected chi connectivity index (χ1v) is 9.31. The molecule has 0 bridgehead atoms. The maximum absolute atomic E-state index is 13.0. The van der Waals surface area contributed by atoms with Crippen LogP contribution in [0.5, 0.6) is 0 Å². The van der Waals surface area contributed by atoms with Crippen molar-refractivity contribution in [3.05, 3.63) is 48.4 Å². The first kappa shape index (κ1) is 17.3. The van der Waals surface area contributed by atoms with Crippen LogP contribution in [-0.4, -0.2) is 58.0 Å². The minimum Gasteiger partial charge on any atom is -0.380 e. The highest BCUT2D eigenvalue weighted by Gasteiger charge is 2.25. The van der Waals surface area contributed by atoms with Crippen LogP contribution in [0.4, 0.5) is 11.5 Å². The van der Waals surface area contributed by atoms with E-state index in [2.05, 4.69) is 45.1 Å². The van der Waals surface area contributed by atoms with Crippen LogP contribution in [0.1, 0.15) is 24.2 Å². The van der Waals surface area contributed by atoms with Gasteiger partial charge in [-0.25, -0.2) is 9.97 Å². The molecule has 3 aromatic heterocycles. The number of piperazine rings is 1. The number of carbonyl (C=O) groups excluding carboxylic acids is 1. The number of fused-ring (bicyclic) bond motifs is 1. The van der Waals surface area contributed by atoms with Crippen molar-refractivity contribution >= 4 is 28.4 Å². The van der Waals surface area contributed by atoms with Crippen molar-refractivity contribution in [1.29, 1.82) is 0 Å². The van der Waals surface area contributed by atoms with Crippen molar-refractivity contribution < 1.29 is 4.79 Å². The number of nitrogens with one attached hydrogen (secondary N) is 2. The molecule has 0 spiro atoms. The van der Waals surface area contributed by atoms with E-state index in [-0.39, 0.29) is 5.91 Å². The van der Waals surface area contributed by atoms with Gasteiger partial charge in [0.2, 0.25) is 0 Å². The fraction of sp³-hybridized carbons (Fsp3) is 0.350. The maximum Gasteiger partial charge on any atom is 0.256 e. The highest BCUT2D eigenvalue weighted by Crippen LogP contribution is 2.25. The van der Waals surface area contributed by atoms with Gasteiger partial charge in [0.05, 0.1) is 11.3 Å². The predicted molar refractivity (Wildman–Crippen MR) is 107 cm³/mol. The van der Waals surface area contributed by atoms with Gasteiger partial charge in [0.15, 0.2) is 5.82 Å². The minimum absolute atomic E-state index is 0.0513. The zero-order valence-corrected chi connectivity index (χ0v) is 15.6. The molecule has 1 aliphatic rings. The summed E-state index contributed by atoms with van der Waals surface area (Å²) >= 11 is 0. The number of carbonyl (C=O) groups is 1. The molecule has 0 aromatic carbocycles. The van der Waals surface area contributed by atoms with Gasteiger partial charge in [-0.1, -0.05) is 0 Å². The number of hydrogen-bond acceptors (Lipinski definition) is 5. The average Bonchev–Trinajstić information content (AvgIpc) is 3.12. The van der Waals surface area contributed by atoms with E-state index < -0.39 is 0 Å². The van der Waals surface area contributed by atoms with Crippen LogP contribution in [0.2, 0.25) is 0 Å². The van der Waals surface area contributed by atoms with Gasteiger partial charge in [0.1, 0.15) is 5.65 Å². The molecule has 0 atom stereocenters. The number of anilines is 2. The summed E-state index contributed by atoms with van der Waals surface area (Å²) in [5.41, 5.74) is 2.47. The molecule has 1 saturated heterocycles. The lowest BCUT2D eigenvalue weighted by Gasteiger charge is -2.36. The molecule has 140 valence electrons. The van der Waals surface area contributed by atoms with E-state index in [0.29, 0.717) is 24.7 Å². The van der Waals surface area contributed by atoms with Crippen molar-refractivity contribution in [2.45, 2.75) is 19.9 Å². The Hall–Kier alpha value is -3.09. The quantitative estimate of drug-likeness (QED) is 0.744.